The predicted octanol–water partition coefficient (Wildman–Crippen LogP) is 2.72. The van der Waals surface area contributed by atoms with Crippen LogP contribution in [0.15, 0.2) is 30.5 Å². The maximum Gasteiger partial charge on any atom is 0.239 e. The lowest BCUT2D eigenvalue weighted by molar-refractivity contribution is 0.997. The summed E-state index contributed by atoms with van der Waals surface area (Å²) in [6.07, 6.45) is 2.39. The van der Waals surface area contributed by atoms with Crippen LogP contribution < -0.4 is 16.6 Å². The zero-order valence-electron chi connectivity index (χ0n) is 10.0. The second kappa shape index (κ2) is 6.56. The zero-order valence-corrected chi connectivity index (χ0v) is 11.5. The third-order valence-electron chi connectivity index (χ3n) is 2.50. The van der Waals surface area contributed by atoms with Crippen molar-refractivity contribution in [3.63, 3.8) is 0 Å². The van der Waals surface area contributed by atoms with E-state index in [0.29, 0.717) is 28.4 Å². The van der Waals surface area contributed by atoms with E-state index < -0.39 is 0 Å². The van der Waals surface area contributed by atoms with Crippen LogP contribution in [-0.2, 0) is 6.42 Å². The number of nitrogens with zero attached hydrogens (tertiary/aromatic N) is 2. The fourth-order valence-corrected chi connectivity index (χ4v) is 2.08. The first-order valence-electron chi connectivity index (χ1n) is 5.66. The maximum absolute atomic E-state index is 6.09. The minimum Gasteiger partial charge on any atom is -0.370 e. The second-order valence-corrected chi connectivity index (χ2v) is 4.67. The van der Waals surface area contributed by atoms with E-state index in [9.17, 15) is 0 Å². The van der Waals surface area contributed by atoms with E-state index in [1.807, 2.05) is 12.1 Å². The van der Waals surface area contributed by atoms with Gasteiger partial charge in [-0.1, -0.05) is 29.3 Å². The first-order chi connectivity index (χ1) is 9.19. The van der Waals surface area contributed by atoms with Gasteiger partial charge in [0.15, 0.2) is 0 Å². The van der Waals surface area contributed by atoms with Gasteiger partial charge in [0, 0.05) is 22.8 Å². The fraction of sp³-hybridized carbons (Fsp3) is 0.167. The Bertz CT molecular complexity index is 562. The Morgan fingerprint density at radius 1 is 1.21 bits per heavy atom. The number of benzene rings is 1. The first-order valence-corrected chi connectivity index (χ1v) is 6.42. The average molecular weight is 298 g/mol. The summed E-state index contributed by atoms with van der Waals surface area (Å²) in [5, 5.41) is 4.47. The van der Waals surface area contributed by atoms with Crippen LogP contribution in [-0.4, -0.2) is 16.5 Å². The molecule has 100 valence electrons. The molecule has 5 nitrogen and oxygen atoms in total. The minimum atomic E-state index is 0.370. The van der Waals surface area contributed by atoms with Gasteiger partial charge in [0.2, 0.25) is 5.95 Å². The van der Waals surface area contributed by atoms with Crippen molar-refractivity contribution >= 4 is 35.0 Å². The number of rotatable bonds is 5. The van der Waals surface area contributed by atoms with Crippen LogP contribution in [0.3, 0.4) is 0 Å². The summed E-state index contributed by atoms with van der Waals surface area (Å²) in [5.74, 6) is 6.31. The van der Waals surface area contributed by atoms with Gasteiger partial charge in [0.25, 0.3) is 0 Å². The highest BCUT2D eigenvalue weighted by atomic mass is 35.5. The van der Waals surface area contributed by atoms with Crippen molar-refractivity contribution in [3.05, 3.63) is 46.1 Å². The molecule has 0 aliphatic rings. The van der Waals surface area contributed by atoms with Crippen LogP contribution in [0.25, 0.3) is 0 Å². The number of nitrogen functional groups attached to an aromatic ring is 1. The van der Waals surface area contributed by atoms with E-state index in [1.165, 1.54) is 0 Å². The van der Waals surface area contributed by atoms with Gasteiger partial charge in [-0.2, -0.15) is 4.98 Å². The summed E-state index contributed by atoms with van der Waals surface area (Å²) in [5.41, 5.74) is 3.43. The molecule has 0 fully saturated rings. The van der Waals surface area contributed by atoms with Crippen molar-refractivity contribution in [1.29, 1.82) is 0 Å². The number of nitrogens with two attached hydrogens (primary N) is 1. The van der Waals surface area contributed by atoms with Gasteiger partial charge in [-0.25, -0.2) is 10.8 Å². The Labute approximate surface area is 121 Å². The molecule has 0 aliphatic carbocycles. The highest BCUT2D eigenvalue weighted by molar-refractivity contribution is 6.35. The van der Waals surface area contributed by atoms with E-state index in [0.717, 1.165) is 12.0 Å². The molecule has 0 atom stereocenters. The summed E-state index contributed by atoms with van der Waals surface area (Å²) >= 11 is 11.9. The van der Waals surface area contributed by atoms with Gasteiger partial charge in [-0.15, -0.1) is 0 Å². The van der Waals surface area contributed by atoms with E-state index in [1.54, 1.807) is 18.3 Å². The van der Waals surface area contributed by atoms with Crippen LogP contribution in [0.2, 0.25) is 10.0 Å². The zero-order chi connectivity index (χ0) is 13.7. The van der Waals surface area contributed by atoms with Crippen molar-refractivity contribution in [2.75, 3.05) is 17.3 Å². The third-order valence-corrected chi connectivity index (χ3v) is 3.09. The second-order valence-electron chi connectivity index (χ2n) is 3.82. The summed E-state index contributed by atoms with van der Waals surface area (Å²) in [7, 11) is 0. The van der Waals surface area contributed by atoms with Crippen molar-refractivity contribution in [2.45, 2.75) is 6.42 Å². The van der Waals surface area contributed by atoms with Gasteiger partial charge in [-0.05, 0) is 30.2 Å². The topological polar surface area (TPSA) is 75.9 Å². The first kappa shape index (κ1) is 13.9. The molecule has 0 spiro atoms. The Balaban J connectivity index is 1.92. The highest BCUT2D eigenvalue weighted by Crippen LogP contribution is 2.21. The van der Waals surface area contributed by atoms with Crippen LogP contribution in [0.5, 0.6) is 0 Å². The fourth-order valence-electron chi connectivity index (χ4n) is 1.58. The summed E-state index contributed by atoms with van der Waals surface area (Å²) in [6, 6.07) is 7.24. The number of aromatic nitrogens is 2. The Morgan fingerprint density at radius 2 is 2.05 bits per heavy atom. The number of nitrogens with one attached hydrogen (secondary N) is 2. The number of hydrazine groups is 1. The molecule has 0 saturated carbocycles. The van der Waals surface area contributed by atoms with Crippen molar-refractivity contribution < 1.29 is 0 Å². The lowest BCUT2D eigenvalue weighted by Crippen LogP contribution is -2.12. The largest absolute Gasteiger partial charge is 0.370 e. The molecule has 0 bridgehead atoms. The van der Waals surface area contributed by atoms with E-state index in [4.69, 9.17) is 29.0 Å². The molecule has 7 heteroatoms. The molecule has 0 aliphatic heterocycles. The Morgan fingerprint density at radius 3 is 2.79 bits per heavy atom. The highest BCUT2D eigenvalue weighted by Gasteiger charge is 2.02. The van der Waals surface area contributed by atoms with Gasteiger partial charge in [-0.3, -0.25) is 5.43 Å². The molecule has 1 aromatic heterocycles. The van der Waals surface area contributed by atoms with Crippen molar-refractivity contribution in [3.8, 4) is 0 Å². The Kier molecular flexibility index (Phi) is 4.79. The molecule has 1 aromatic carbocycles. The monoisotopic (exact) mass is 297 g/mol. The van der Waals surface area contributed by atoms with Crippen LogP contribution in [0.1, 0.15) is 5.56 Å². The summed E-state index contributed by atoms with van der Waals surface area (Å²) in [4.78, 5) is 8.07. The van der Waals surface area contributed by atoms with Crippen molar-refractivity contribution in [2.24, 2.45) is 5.84 Å². The van der Waals surface area contributed by atoms with Gasteiger partial charge < -0.3 is 5.32 Å². The normalized spacial score (nSPS) is 10.3. The number of anilines is 2. The van der Waals surface area contributed by atoms with Gasteiger partial charge in [0.05, 0.1) is 0 Å². The average Bonchev–Trinajstić information content (AvgIpc) is 2.41. The molecule has 4 N–H and O–H groups in total. The predicted molar refractivity (Wildman–Crippen MR) is 78.5 cm³/mol. The number of halogens is 2. The smallest absolute Gasteiger partial charge is 0.239 e. The minimum absolute atomic E-state index is 0.370. The third kappa shape index (κ3) is 3.96. The number of hydrogen-bond acceptors (Lipinski definition) is 5. The quantitative estimate of drug-likeness (QED) is 0.584. The molecular weight excluding hydrogens is 285 g/mol. The molecule has 0 amide bonds. The van der Waals surface area contributed by atoms with Gasteiger partial charge >= 0.3 is 0 Å². The van der Waals surface area contributed by atoms with Crippen molar-refractivity contribution in [1.82, 2.24) is 9.97 Å². The molecule has 0 radical (unpaired) electrons. The molecule has 2 aromatic rings. The molecular formula is C12H13Cl2N5. The molecule has 19 heavy (non-hydrogen) atoms. The molecule has 0 unspecified atom stereocenters. The van der Waals surface area contributed by atoms with Crippen LogP contribution in [0, 0.1) is 0 Å². The standard InChI is InChI=1S/C12H13Cl2N5/c13-9-2-1-8(10(14)7-9)3-5-16-11-4-6-17-12(18-11)19-15/h1-2,4,6-7H,3,5,15H2,(H2,16,17,18,19). The summed E-state index contributed by atoms with van der Waals surface area (Å²) in [6.45, 7) is 0.697. The number of hydrogen-bond donors (Lipinski definition) is 3. The van der Waals surface area contributed by atoms with Crippen LogP contribution >= 0.6 is 23.2 Å². The van der Waals surface area contributed by atoms with E-state index in [-0.39, 0.29) is 0 Å². The molecule has 2 rings (SSSR count). The SMILES string of the molecule is NNc1nccc(NCCc2ccc(Cl)cc2Cl)n1. The molecule has 0 saturated heterocycles. The Hall–Kier alpha value is -1.56. The van der Waals surface area contributed by atoms with Gasteiger partial charge in [0.1, 0.15) is 5.82 Å². The van der Waals surface area contributed by atoms with E-state index >= 15 is 0 Å². The lowest BCUT2D eigenvalue weighted by Gasteiger charge is -2.08. The van der Waals surface area contributed by atoms with Crippen LogP contribution in [0.4, 0.5) is 11.8 Å². The lowest BCUT2D eigenvalue weighted by atomic mass is 10.1. The summed E-state index contributed by atoms with van der Waals surface area (Å²) < 4.78 is 0. The maximum atomic E-state index is 6.09. The molecule has 1 heterocycles. The van der Waals surface area contributed by atoms with E-state index in [2.05, 4.69) is 20.7 Å².